The van der Waals surface area contributed by atoms with Gasteiger partial charge in [0.25, 0.3) is 5.91 Å². The van der Waals surface area contributed by atoms with Gasteiger partial charge in [0.1, 0.15) is 17.8 Å². The van der Waals surface area contributed by atoms with Crippen molar-refractivity contribution in [3.05, 3.63) is 50.9 Å². The summed E-state index contributed by atoms with van der Waals surface area (Å²) in [4.78, 5) is 21.9. The molecule has 5 nitrogen and oxygen atoms in total. The van der Waals surface area contributed by atoms with Crippen LogP contribution in [-0.2, 0) is 13.0 Å². The average Bonchev–Trinajstić information content (AvgIpc) is 3.17. The van der Waals surface area contributed by atoms with E-state index in [1.165, 1.54) is 23.5 Å². The lowest BCUT2D eigenvalue weighted by Crippen LogP contribution is -2.30. The Labute approximate surface area is 153 Å². The van der Waals surface area contributed by atoms with Gasteiger partial charge in [0, 0.05) is 47.8 Å². The van der Waals surface area contributed by atoms with Crippen LogP contribution >= 0.6 is 11.3 Å². The van der Waals surface area contributed by atoms with Gasteiger partial charge in [0.05, 0.1) is 0 Å². The maximum absolute atomic E-state index is 14.2. The van der Waals surface area contributed by atoms with Crippen LogP contribution in [0.2, 0.25) is 0 Å². The molecule has 2 aromatic rings. The number of anilines is 1. The molecule has 0 spiro atoms. The van der Waals surface area contributed by atoms with E-state index in [1.807, 2.05) is 13.0 Å². The second kappa shape index (κ2) is 6.35. The summed E-state index contributed by atoms with van der Waals surface area (Å²) in [6.45, 7) is 3.17. The van der Waals surface area contributed by atoms with Gasteiger partial charge in [-0.3, -0.25) is 4.79 Å². The van der Waals surface area contributed by atoms with Crippen LogP contribution < -0.4 is 10.6 Å². The van der Waals surface area contributed by atoms with Crippen LogP contribution in [-0.4, -0.2) is 28.6 Å². The Morgan fingerprint density at radius 1 is 1.50 bits per heavy atom. The lowest BCUT2D eigenvalue weighted by Gasteiger charge is -2.27. The number of rotatable bonds is 3. The van der Waals surface area contributed by atoms with Crippen molar-refractivity contribution in [2.45, 2.75) is 32.5 Å². The number of nitrogens with zero attached hydrogens (tertiary/aromatic N) is 2. The van der Waals surface area contributed by atoms with E-state index in [9.17, 15) is 13.6 Å². The predicted molar refractivity (Wildman–Crippen MR) is 97.6 cm³/mol. The van der Waals surface area contributed by atoms with Crippen LogP contribution in [0.1, 0.15) is 38.1 Å². The van der Waals surface area contributed by atoms with Gasteiger partial charge in [-0.05, 0) is 24.6 Å². The van der Waals surface area contributed by atoms with Crippen molar-refractivity contribution in [2.75, 3.05) is 11.4 Å². The summed E-state index contributed by atoms with van der Waals surface area (Å²) in [5.74, 6) is -0.319. The zero-order valence-corrected chi connectivity index (χ0v) is 15.0. The van der Waals surface area contributed by atoms with Gasteiger partial charge in [0.15, 0.2) is 5.01 Å². The van der Waals surface area contributed by atoms with Crippen LogP contribution in [0, 0.1) is 6.92 Å². The van der Waals surface area contributed by atoms with Gasteiger partial charge < -0.3 is 15.6 Å². The summed E-state index contributed by atoms with van der Waals surface area (Å²) in [6, 6.07) is 1.82. The minimum absolute atomic E-state index is 0.0919. The molecule has 4 rings (SSSR count). The summed E-state index contributed by atoms with van der Waals surface area (Å²) in [6.07, 6.45) is 2.39. The van der Waals surface area contributed by atoms with Gasteiger partial charge in [-0.25, -0.2) is 13.8 Å². The van der Waals surface area contributed by atoms with Crippen molar-refractivity contribution in [1.29, 1.82) is 0 Å². The number of hydrogen-bond acceptors (Lipinski definition) is 4. The van der Waals surface area contributed by atoms with Crippen LogP contribution in [0.4, 0.5) is 14.6 Å². The number of amides is 1. The van der Waals surface area contributed by atoms with E-state index < -0.39 is 17.9 Å². The summed E-state index contributed by atoms with van der Waals surface area (Å²) >= 11 is 1.28. The Morgan fingerprint density at radius 2 is 2.31 bits per heavy atom. The number of alkyl halides is 1. The number of fused-ring (bicyclic) bond motifs is 1. The van der Waals surface area contributed by atoms with E-state index >= 15 is 0 Å². The van der Waals surface area contributed by atoms with E-state index in [-0.39, 0.29) is 12.0 Å². The molecule has 136 valence electrons. The van der Waals surface area contributed by atoms with Gasteiger partial charge >= 0.3 is 0 Å². The first kappa shape index (κ1) is 17.0. The van der Waals surface area contributed by atoms with E-state index in [2.05, 4.69) is 14.9 Å². The quantitative estimate of drug-likeness (QED) is 0.862. The third-order valence-electron chi connectivity index (χ3n) is 4.74. The molecule has 0 aromatic carbocycles. The number of aromatic nitrogens is 2. The van der Waals surface area contributed by atoms with Crippen LogP contribution in [0.5, 0.6) is 0 Å². The third kappa shape index (κ3) is 2.84. The second-order valence-electron chi connectivity index (χ2n) is 6.49. The molecule has 8 heteroatoms. The highest BCUT2D eigenvalue weighted by Crippen LogP contribution is 2.35. The minimum Gasteiger partial charge on any atom is -0.364 e. The topological polar surface area (TPSA) is 75.0 Å². The Bertz CT molecular complexity index is 943. The Balaban J connectivity index is 1.63. The molecule has 2 aromatic heterocycles. The molecule has 3 N–H and O–H groups in total. The monoisotopic (exact) mass is 376 g/mol. The highest BCUT2D eigenvalue weighted by Gasteiger charge is 2.27. The molecular formula is C18H18F2N4OS. The number of aromatic amines is 1. The van der Waals surface area contributed by atoms with Crippen molar-refractivity contribution in [2.24, 2.45) is 5.73 Å². The fourth-order valence-electron chi connectivity index (χ4n) is 3.49. The van der Waals surface area contributed by atoms with Crippen molar-refractivity contribution < 1.29 is 13.6 Å². The summed E-state index contributed by atoms with van der Waals surface area (Å²) < 4.78 is 28.3. The number of allylic oxidation sites excluding steroid dienone is 4. The minimum atomic E-state index is -1.34. The Kier molecular flexibility index (Phi) is 4.14. The number of primary amides is 1. The summed E-state index contributed by atoms with van der Waals surface area (Å²) in [5.41, 5.74) is 7.88. The molecule has 1 aliphatic carbocycles. The maximum Gasteiger partial charge on any atom is 0.277 e. The zero-order chi connectivity index (χ0) is 18.4. The predicted octanol–water partition coefficient (Wildman–Crippen LogP) is 3.42. The number of carbonyl (C=O) groups excluding carboxylic acids is 1. The zero-order valence-electron chi connectivity index (χ0n) is 14.2. The van der Waals surface area contributed by atoms with E-state index in [4.69, 9.17) is 5.73 Å². The first-order valence-corrected chi connectivity index (χ1v) is 9.19. The average molecular weight is 376 g/mol. The highest BCUT2D eigenvalue weighted by atomic mass is 32.1. The molecule has 0 saturated heterocycles. The molecular weight excluding hydrogens is 358 g/mol. The summed E-state index contributed by atoms with van der Waals surface area (Å²) in [7, 11) is 0. The molecule has 1 aliphatic heterocycles. The second-order valence-corrected chi connectivity index (χ2v) is 7.69. The van der Waals surface area contributed by atoms with Crippen LogP contribution in [0.15, 0.2) is 24.0 Å². The number of carbonyl (C=O) groups is 1. The first-order valence-electron chi connectivity index (χ1n) is 8.37. The van der Waals surface area contributed by atoms with E-state index in [0.717, 1.165) is 22.0 Å². The van der Waals surface area contributed by atoms with Crippen molar-refractivity contribution in [3.63, 3.8) is 0 Å². The summed E-state index contributed by atoms with van der Waals surface area (Å²) in [5, 5.41) is 0.291. The van der Waals surface area contributed by atoms with Gasteiger partial charge in [-0.15, -0.1) is 11.3 Å². The van der Waals surface area contributed by atoms with Crippen molar-refractivity contribution in [3.8, 4) is 0 Å². The Hall–Kier alpha value is -2.48. The molecule has 0 fully saturated rings. The lowest BCUT2D eigenvalue weighted by atomic mass is 9.99. The number of nitrogens with two attached hydrogens (primary N) is 1. The smallest absolute Gasteiger partial charge is 0.277 e. The van der Waals surface area contributed by atoms with Gasteiger partial charge in [0.2, 0.25) is 0 Å². The fourth-order valence-corrected chi connectivity index (χ4v) is 4.28. The molecule has 1 amide bonds. The molecule has 0 saturated carbocycles. The molecule has 1 unspecified atom stereocenters. The SMILES string of the molecule is Cc1sc(C(N)=O)nc1N1CCc2[nH]c(C3=C(F)C=CCC3F)cc2C1. The molecule has 1 atom stereocenters. The van der Waals surface area contributed by atoms with E-state index in [0.29, 0.717) is 30.2 Å². The number of halogens is 2. The lowest BCUT2D eigenvalue weighted by molar-refractivity contribution is 0.1000. The van der Waals surface area contributed by atoms with Gasteiger partial charge in [-0.2, -0.15) is 0 Å². The first-order chi connectivity index (χ1) is 12.4. The van der Waals surface area contributed by atoms with Crippen LogP contribution in [0.25, 0.3) is 5.57 Å². The highest BCUT2D eigenvalue weighted by molar-refractivity contribution is 7.14. The number of hydrogen-bond donors (Lipinski definition) is 2. The maximum atomic E-state index is 14.2. The van der Waals surface area contributed by atoms with Crippen molar-refractivity contribution in [1.82, 2.24) is 9.97 Å². The van der Waals surface area contributed by atoms with E-state index in [1.54, 1.807) is 0 Å². The number of H-pyrrole nitrogens is 1. The van der Waals surface area contributed by atoms with Crippen molar-refractivity contribution >= 4 is 28.6 Å². The number of aryl methyl sites for hydroxylation is 1. The van der Waals surface area contributed by atoms with Gasteiger partial charge in [-0.1, -0.05) is 6.08 Å². The molecule has 2 aliphatic rings. The third-order valence-corrected chi connectivity index (χ3v) is 5.71. The fraction of sp³-hybridized carbons (Fsp3) is 0.333. The van der Waals surface area contributed by atoms with Crippen LogP contribution in [0.3, 0.4) is 0 Å². The molecule has 26 heavy (non-hydrogen) atoms. The standard InChI is InChI=1S/C18H18F2N4OS/c1-9-17(23-18(26-9)16(21)25)24-6-5-13-10(8-24)7-14(22-13)15-11(19)3-2-4-12(15)20/h2-3,7,12,22H,4-6,8H2,1H3,(H2,21,25). The molecule has 0 radical (unpaired) electrons. The molecule has 3 heterocycles. The largest absolute Gasteiger partial charge is 0.364 e. The number of thiazole rings is 1. The Morgan fingerprint density at radius 3 is 3.00 bits per heavy atom. The number of nitrogens with one attached hydrogen (secondary N) is 1. The molecule has 0 bridgehead atoms. The normalized spacial score (nSPS) is 19.8.